The molecular formula is C11H9BrN2O3S. The molecule has 0 fully saturated rings. The van der Waals surface area contributed by atoms with E-state index in [1.807, 2.05) is 12.1 Å². The summed E-state index contributed by atoms with van der Waals surface area (Å²) in [5, 5.41) is 12.4. The lowest BCUT2D eigenvalue weighted by atomic mass is 10.3. The average Bonchev–Trinajstić information content (AvgIpc) is 2.78. The standard InChI is InChI=1S/C11H9BrN2O3S/c1-17-8-3-2-6(12)4-7(8)14-11-13-5-9(18-11)10(15)16/h2-5H,1H3,(H,13,14)(H,15,16). The van der Waals surface area contributed by atoms with Crippen molar-refractivity contribution in [3.8, 4) is 5.75 Å². The Morgan fingerprint density at radius 2 is 2.33 bits per heavy atom. The number of ether oxygens (including phenoxy) is 1. The van der Waals surface area contributed by atoms with E-state index in [0.717, 1.165) is 21.5 Å². The maximum absolute atomic E-state index is 10.8. The van der Waals surface area contributed by atoms with Crippen molar-refractivity contribution in [2.75, 3.05) is 12.4 Å². The monoisotopic (exact) mass is 328 g/mol. The largest absolute Gasteiger partial charge is 0.495 e. The van der Waals surface area contributed by atoms with Crippen LogP contribution in [0.3, 0.4) is 0 Å². The number of carboxylic acid groups (broad SMARTS) is 1. The SMILES string of the molecule is COc1ccc(Br)cc1Nc1ncc(C(=O)O)s1. The van der Waals surface area contributed by atoms with Crippen LogP contribution >= 0.6 is 27.3 Å². The molecule has 0 atom stereocenters. The Hall–Kier alpha value is -1.60. The van der Waals surface area contributed by atoms with Crippen molar-refractivity contribution in [3.05, 3.63) is 33.7 Å². The third-order valence-electron chi connectivity index (χ3n) is 2.12. The summed E-state index contributed by atoms with van der Waals surface area (Å²) in [5.41, 5.74) is 0.721. The quantitative estimate of drug-likeness (QED) is 0.900. The molecule has 0 aliphatic rings. The van der Waals surface area contributed by atoms with Gasteiger partial charge in [-0.1, -0.05) is 27.3 Å². The number of hydrogen-bond acceptors (Lipinski definition) is 5. The highest BCUT2D eigenvalue weighted by Crippen LogP contribution is 2.32. The fourth-order valence-corrected chi connectivity index (χ4v) is 2.35. The molecule has 0 aliphatic heterocycles. The van der Waals surface area contributed by atoms with Gasteiger partial charge in [0.1, 0.15) is 10.6 Å². The number of carboxylic acids is 1. The van der Waals surface area contributed by atoms with Crippen molar-refractivity contribution in [2.45, 2.75) is 0 Å². The van der Waals surface area contributed by atoms with E-state index < -0.39 is 5.97 Å². The van der Waals surface area contributed by atoms with Crippen LogP contribution in [0.15, 0.2) is 28.9 Å². The van der Waals surface area contributed by atoms with Crippen LogP contribution in [0.1, 0.15) is 9.67 Å². The molecule has 94 valence electrons. The number of halogens is 1. The zero-order valence-electron chi connectivity index (χ0n) is 9.31. The van der Waals surface area contributed by atoms with E-state index >= 15 is 0 Å². The number of methoxy groups -OCH3 is 1. The third kappa shape index (κ3) is 2.80. The van der Waals surface area contributed by atoms with Gasteiger partial charge in [-0.05, 0) is 18.2 Å². The molecule has 18 heavy (non-hydrogen) atoms. The van der Waals surface area contributed by atoms with Gasteiger partial charge in [0.15, 0.2) is 5.13 Å². The first kappa shape index (κ1) is 12.8. The minimum absolute atomic E-state index is 0.187. The minimum atomic E-state index is -0.984. The van der Waals surface area contributed by atoms with Crippen LogP contribution in [0.5, 0.6) is 5.75 Å². The van der Waals surface area contributed by atoms with Gasteiger partial charge < -0.3 is 15.2 Å². The lowest BCUT2D eigenvalue weighted by Crippen LogP contribution is -1.93. The van der Waals surface area contributed by atoms with Crippen LogP contribution < -0.4 is 10.1 Å². The number of carbonyl (C=O) groups is 1. The smallest absolute Gasteiger partial charge is 0.347 e. The third-order valence-corrected chi connectivity index (χ3v) is 3.51. The van der Waals surface area contributed by atoms with Gasteiger partial charge >= 0.3 is 5.97 Å². The number of anilines is 2. The van der Waals surface area contributed by atoms with Crippen molar-refractivity contribution in [3.63, 3.8) is 0 Å². The number of rotatable bonds is 4. The molecule has 7 heteroatoms. The summed E-state index contributed by atoms with van der Waals surface area (Å²) in [6.07, 6.45) is 1.32. The fourth-order valence-electron chi connectivity index (χ4n) is 1.32. The van der Waals surface area contributed by atoms with Gasteiger partial charge in [-0.15, -0.1) is 0 Å². The summed E-state index contributed by atoms with van der Waals surface area (Å²) in [5.74, 6) is -0.327. The van der Waals surface area contributed by atoms with Crippen LogP contribution in [0.25, 0.3) is 0 Å². The molecule has 2 N–H and O–H groups in total. The molecule has 1 aromatic carbocycles. The molecule has 0 saturated carbocycles. The molecule has 5 nitrogen and oxygen atoms in total. The molecule has 1 aromatic heterocycles. The second-order valence-electron chi connectivity index (χ2n) is 3.30. The fraction of sp³-hybridized carbons (Fsp3) is 0.0909. The zero-order valence-corrected chi connectivity index (χ0v) is 11.7. The van der Waals surface area contributed by atoms with Crippen LogP contribution in [-0.2, 0) is 0 Å². The van der Waals surface area contributed by atoms with E-state index in [4.69, 9.17) is 9.84 Å². The number of hydrogen-bond donors (Lipinski definition) is 2. The van der Waals surface area contributed by atoms with Gasteiger partial charge in [0.05, 0.1) is 19.0 Å². The van der Waals surface area contributed by atoms with Gasteiger partial charge in [-0.25, -0.2) is 9.78 Å². The first-order valence-corrected chi connectivity index (χ1v) is 6.51. The molecule has 0 amide bonds. The summed E-state index contributed by atoms with van der Waals surface area (Å²) in [7, 11) is 1.57. The van der Waals surface area contributed by atoms with Crippen molar-refractivity contribution in [1.82, 2.24) is 4.98 Å². The number of thiazole rings is 1. The predicted octanol–water partition coefficient (Wildman–Crippen LogP) is 3.36. The molecule has 0 bridgehead atoms. The van der Waals surface area contributed by atoms with Gasteiger partial charge in [0, 0.05) is 4.47 Å². The van der Waals surface area contributed by atoms with Gasteiger partial charge in [-0.2, -0.15) is 0 Å². The molecule has 2 rings (SSSR count). The average molecular weight is 329 g/mol. The molecule has 0 spiro atoms. The van der Waals surface area contributed by atoms with Crippen molar-refractivity contribution in [1.29, 1.82) is 0 Å². The number of benzene rings is 1. The van der Waals surface area contributed by atoms with Crippen LogP contribution in [0, 0.1) is 0 Å². The summed E-state index contributed by atoms with van der Waals surface area (Å²) in [6, 6.07) is 5.49. The molecule has 2 aromatic rings. The van der Waals surface area contributed by atoms with Crippen molar-refractivity contribution in [2.24, 2.45) is 0 Å². The summed E-state index contributed by atoms with van der Waals surface area (Å²) < 4.78 is 6.09. The summed E-state index contributed by atoms with van der Waals surface area (Å²) >= 11 is 4.43. The predicted molar refractivity (Wildman–Crippen MR) is 73.1 cm³/mol. The van der Waals surface area contributed by atoms with E-state index in [2.05, 4.69) is 26.2 Å². The Kier molecular flexibility index (Phi) is 3.83. The zero-order chi connectivity index (χ0) is 13.1. The second-order valence-corrected chi connectivity index (χ2v) is 5.25. The molecule has 0 unspecified atom stereocenters. The van der Waals surface area contributed by atoms with Gasteiger partial charge in [-0.3, -0.25) is 0 Å². The molecule has 0 saturated heterocycles. The highest BCUT2D eigenvalue weighted by Gasteiger charge is 2.10. The highest BCUT2D eigenvalue weighted by molar-refractivity contribution is 9.10. The normalized spacial score (nSPS) is 10.1. The Labute approximate surface area is 116 Å². The van der Waals surface area contributed by atoms with Crippen molar-refractivity contribution >= 4 is 44.1 Å². The minimum Gasteiger partial charge on any atom is -0.495 e. The first-order valence-electron chi connectivity index (χ1n) is 4.90. The topological polar surface area (TPSA) is 71.5 Å². The number of nitrogens with zero attached hydrogens (tertiary/aromatic N) is 1. The second kappa shape index (κ2) is 5.36. The van der Waals surface area contributed by atoms with Crippen LogP contribution in [0.4, 0.5) is 10.8 Å². The number of aromatic nitrogens is 1. The maximum atomic E-state index is 10.8. The number of aromatic carboxylic acids is 1. The van der Waals surface area contributed by atoms with Crippen LogP contribution in [-0.4, -0.2) is 23.2 Å². The van der Waals surface area contributed by atoms with Gasteiger partial charge in [0.25, 0.3) is 0 Å². The molecular weight excluding hydrogens is 320 g/mol. The maximum Gasteiger partial charge on any atom is 0.347 e. The molecule has 0 aliphatic carbocycles. The van der Waals surface area contributed by atoms with Crippen molar-refractivity contribution < 1.29 is 14.6 Å². The van der Waals surface area contributed by atoms with Gasteiger partial charge in [0.2, 0.25) is 0 Å². The van der Waals surface area contributed by atoms with E-state index in [1.165, 1.54) is 6.20 Å². The van der Waals surface area contributed by atoms with E-state index in [9.17, 15) is 4.79 Å². The molecule has 0 radical (unpaired) electrons. The summed E-state index contributed by atoms with van der Waals surface area (Å²) in [4.78, 5) is 14.9. The lowest BCUT2D eigenvalue weighted by Gasteiger charge is -2.09. The number of nitrogens with one attached hydrogen (secondary N) is 1. The lowest BCUT2D eigenvalue weighted by molar-refractivity contribution is 0.0702. The van der Waals surface area contributed by atoms with E-state index in [0.29, 0.717) is 10.9 Å². The molecule has 1 heterocycles. The Morgan fingerprint density at radius 1 is 1.56 bits per heavy atom. The Morgan fingerprint density at radius 3 is 2.94 bits per heavy atom. The van der Waals surface area contributed by atoms with E-state index in [1.54, 1.807) is 13.2 Å². The Bertz CT molecular complexity index is 585. The first-order chi connectivity index (χ1) is 8.60. The van der Waals surface area contributed by atoms with E-state index in [-0.39, 0.29) is 4.88 Å². The Balaban J connectivity index is 2.27. The summed E-state index contributed by atoms with van der Waals surface area (Å²) in [6.45, 7) is 0. The van der Waals surface area contributed by atoms with Crippen LogP contribution in [0.2, 0.25) is 0 Å². The highest BCUT2D eigenvalue weighted by atomic mass is 79.9.